The predicted molar refractivity (Wildman–Crippen MR) is 115 cm³/mol. The molecule has 10 nitrogen and oxygen atoms in total. The highest BCUT2D eigenvalue weighted by atomic mass is 32.1. The molecular formula is C20H30N6O4S. The second-order valence-corrected chi connectivity index (χ2v) is 9.35. The van der Waals surface area contributed by atoms with Crippen molar-refractivity contribution in [2.75, 3.05) is 27.2 Å². The van der Waals surface area contributed by atoms with Crippen molar-refractivity contribution in [1.29, 1.82) is 0 Å². The Morgan fingerprint density at radius 1 is 1.23 bits per heavy atom. The topological polar surface area (TPSA) is 138 Å². The van der Waals surface area contributed by atoms with E-state index in [1.165, 1.54) is 11.3 Å². The lowest BCUT2D eigenvalue weighted by molar-refractivity contribution is -0.138. The minimum atomic E-state index is -1.08. The number of amides is 4. The third-order valence-corrected chi connectivity index (χ3v) is 7.10. The van der Waals surface area contributed by atoms with Gasteiger partial charge in [0, 0.05) is 49.9 Å². The number of thiazole rings is 1. The van der Waals surface area contributed by atoms with Crippen LogP contribution in [0.25, 0.3) is 0 Å². The smallest absolute Gasteiger partial charge is 0.309 e. The van der Waals surface area contributed by atoms with Gasteiger partial charge in [-0.1, -0.05) is 0 Å². The number of fused-ring (bicyclic) bond motifs is 1. The molecule has 1 fully saturated rings. The van der Waals surface area contributed by atoms with Crippen molar-refractivity contribution < 1.29 is 19.2 Å². The number of carbonyl (C=O) groups excluding carboxylic acids is 4. The predicted octanol–water partition coefficient (Wildman–Crippen LogP) is -0.522. The van der Waals surface area contributed by atoms with Crippen LogP contribution in [0.5, 0.6) is 0 Å². The Kier molecular flexibility index (Phi) is 7.26. The van der Waals surface area contributed by atoms with Crippen LogP contribution in [0.4, 0.5) is 0 Å². The lowest BCUT2D eigenvalue weighted by atomic mass is 9.81. The van der Waals surface area contributed by atoms with Gasteiger partial charge in [0.15, 0.2) is 5.01 Å². The first-order chi connectivity index (χ1) is 14.7. The zero-order chi connectivity index (χ0) is 22.7. The minimum Gasteiger partial charge on any atom is -0.361 e. The lowest BCUT2D eigenvalue weighted by Gasteiger charge is -2.37. The molecule has 1 aromatic heterocycles. The molecule has 1 saturated carbocycles. The molecule has 1 aliphatic heterocycles. The summed E-state index contributed by atoms with van der Waals surface area (Å²) in [5.74, 6) is -2.57. The van der Waals surface area contributed by atoms with Crippen LogP contribution in [0.15, 0.2) is 0 Å². The first-order valence-corrected chi connectivity index (χ1v) is 11.3. The number of likely N-dealkylation sites (N-methyl/N-ethyl adjacent to an activating group) is 1. The van der Waals surface area contributed by atoms with Crippen LogP contribution in [0.3, 0.4) is 0 Å². The van der Waals surface area contributed by atoms with E-state index in [0.717, 1.165) is 30.1 Å². The summed E-state index contributed by atoms with van der Waals surface area (Å²) in [5, 5.41) is 5.93. The van der Waals surface area contributed by atoms with Crippen molar-refractivity contribution >= 4 is 35.0 Å². The van der Waals surface area contributed by atoms with Crippen molar-refractivity contribution in [2.24, 2.45) is 11.7 Å². The van der Waals surface area contributed by atoms with Gasteiger partial charge in [0.2, 0.25) is 5.91 Å². The van der Waals surface area contributed by atoms with E-state index in [0.29, 0.717) is 30.8 Å². The zero-order valence-electron chi connectivity index (χ0n) is 18.1. The minimum absolute atomic E-state index is 0.00850. The van der Waals surface area contributed by atoms with Crippen molar-refractivity contribution in [3.63, 3.8) is 0 Å². The fourth-order valence-corrected chi connectivity index (χ4v) is 5.18. The third-order valence-electron chi connectivity index (χ3n) is 6.02. The highest BCUT2D eigenvalue weighted by molar-refractivity contribution is 7.13. The van der Waals surface area contributed by atoms with E-state index >= 15 is 0 Å². The van der Waals surface area contributed by atoms with Gasteiger partial charge in [-0.05, 0) is 33.2 Å². The van der Waals surface area contributed by atoms with Crippen LogP contribution < -0.4 is 16.4 Å². The number of rotatable bonds is 5. The molecule has 2 heterocycles. The van der Waals surface area contributed by atoms with Crippen LogP contribution in [-0.2, 0) is 27.3 Å². The van der Waals surface area contributed by atoms with Gasteiger partial charge in [-0.15, -0.1) is 11.3 Å². The number of aromatic nitrogens is 1. The van der Waals surface area contributed by atoms with Gasteiger partial charge in [-0.25, -0.2) is 4.98 Å². The van der Waals surface area contributed by atoms with Crippen LogP contribution >= 0.6 is 11.3 Å². The molecular weight excluding hydrogens is 420 g/mol. The monoisotopic (exact) mass is 450 g/mol. The molecule has 4 N–H and O–H groups in total. The summed E-state index contributed by atoms with van der Waals surface area (Å²) in [7, 11) is 3.77. The Balaban J connectivity index is 1.75. The van der Waals surface area contributed by atoms with Gasteiger partial charge in [0.05, 0.1) is 11.7 Å². The Bertz CT molecular complexity index is 872. The highest BCUT2D eigenvalue weighted by Gasteiger charge is 2.37. The van der Waals surface area contributed by atoms with E-state index in [1.807, 2.05) is 14.0 Å². The van der Waals surface area contributed by atoms with Crippen molar-refractivity contribution in [3.05, 3.63) is 15.6 Å². The second-order valence-electron chi connectivity index (χ2n) is 8.26. The number of primary amides is 1. The van der Waals surface area contributed by atoms with E-state index in [-0.39, 0.29) is 17.7 Å². The molecule has 3 atom stereocenters. The number of carbonyl (C=O) groups is 4. The Labute approximate surface area is 185 Å². The van der Waals surface area contributed by atoms with Crippen molar-refractivity contribution in [3.8, 4) is 0 Å². The van der Waals surface area contributed by atoms with E-state index in [4.69, 9.17) is 5.73 Å². The molecule has 4 amide bonds. The quantitative estimate of drug-likeness (QED) is 0.516. The summed E-state index contributed by atoms with van der Waals surface area (Å²) in [6.07, 6.45) is 2.18. The maximum Gasteiger partial charge on any atom is 0.309 e. The average molecular weight is 451 g/mol. The molecule has 170 valence electrons. The number of nitrogens with two attached hydrogens (primary N) is 1. The third kappa shape index (κ3) is 5.40. The molecule has 1 aromatic rings. The summed E-state index contributed by atoms with van der Waals surface area (Å²) in [5.41, 5.74) is 6.03. The molecule has 0 radical (unpaired) electrons. The fourth-order valence-electron chi connectivity index (χ4n) is 4.08. The van der Waals surface area contributed by atoms with Gasteiger partial charge >= 0.3 is 11.8 Å². The zero-order valence-corrected chi connectivity index (χ0v) is 19.0. The standard InChI is InChI=1S/C20H30N6O4S/c1-4-26(3)20(30)11-5-6-12(22-17(28)16(21)27)14(9-11)23-18(29)19-24-13-7-8-25(2)10-15(13)31-19/h11-12,14H,4-10H2,1-3H3,(H2,21,27)(H,22,28)(H,23,29)/t11-,12-,14+/m0/s1. The van der Waals surface area contributed by atoms with Crippen LogP contribution in [0, 0.1) is 5.92 Å². The summed E-state index contributed by atoms with van der Waals surface area (Å²) >= 11 is 1.37. The maximum atomic E-state index is 13.0. The number of nitrogens with one attached hydrogen (secondary N) is 2. The van der Waals surface area contributed by atoms with Gasteiger partial charge in [0.1, 0.15) is 0 Å². The second kappa shape index (κ2) is 9.73. The molecule has 11 heteroatoms. The molecule has 1 aliphatic carbocycles. The van der Waals surface area contributed by atoms with E-state index < -0.39 is 23.9 Å². The van der Waals surface area contributed by atoms with E-state index in [9.17, 15) is 19.2 Å². The van der Waals surface area contributed by atoms with Gasteiger partial charge < -0.3 is 26.2 Å². The summed E-state index contributed by atoms with van der Waals surface area (Å²) in [4.78, 5) is 58.1. The average Bonchev–Trinajstić information content (AvgIpc) is 3.17. The Morgan fingerprint density at radius 3 is 2.65 bits per heavy atom. The van der Waals surface area contributed by atoms with E-state index in [2.05, 4.69) is 20.5 Å². The SMILES string of the molecule is CCN(C)C(=O)[C@H]1CC[C@H](NC(=O)C(N)=O)[C@H](NC(=O)c2nc3c(s2)CN(C)CC3)C1. The van der Waals surface area contributed by atoms with Crippen LogP contribution in [-0.4, -0.2) is 77.7 Å². The molecule has 0 saturated heterocycles. The van der Waals surface area contributed by atoms with Crippen molar-refractivity contribution in [1.82, 2.24) is 25.4 Å². The van der Waals surface area contributed by atoms with Gasteiger partial charge in [0.25, 0.3) is 5.91 Å². The maximum absolute atomic E-state index is 13.0. The van der Waals surface area contributed by atoms with Gasteiger partial charge in [-0.2, -0.15) is 0 Å². The molecule has 0 spiro atoms. The van der Waals surface area contributed by atoms with Crippen LogP contribution in [0.1, 0.15) is 46.6 Å². The summed E-state index contributed by atoms with van der Waals surface area (Å²) in [6.45, 7) is 4.15. The normalized spacial score (nSPS) is 23.5. The Morgan fingerprint density at radius 2 is 1.97 bits per heavy atom. The molecule has 31 heavy (non-hydrogen) atoms. The molecule has 0 unspecified atom stereocenters. The molecule has 3 rings (SSSR count). The first kappa shape index (κ1) is 23.1. The number of nitrogens with zero attached hydrogens (tertiary/aromatic N) is 3. The first-order valence-electron chi connectivity index (χ1n) is 10.5. The highest BCUT2D eigenvalue weighted by Crippen LogP contribution is 2.28. The Hall–Kier alpha value is -2.53. The number of hydrogen-bond donors (Lipinski definition) is 3. The van der Waals surface area contributed by atoms with Gasteiger partial charge in [-0.3, -0.25) is 19.2 Å². The largest absolute Gasteiger partial charge is 0.361 e. The summed E-state index contributed by atoms with van der Waals surface area (Å²) < 4.78 is 0. The summed E-state index contributed by atoms with van der Waals surface area (Å²) in [6, 6.07) is -0.993. The van der Waals surface area contributed by atoms with Crippen molar-refractivity contribution in [2.45, 2.75) is 51.2 Å². The molecule has 2 aliphatic rings. The lowest BCUT2D eigenvalue weighted by Crippen LogP contribution is -2.57. The molecule has 0 bridgehead atoms. The van der Waals surface area contributed by atoms with E-state index in [1.54, 1.807) is 11.9 Å². The fraction of sp³-hybridized carbons (Fsp3) is 0.650. The number of hydrogen-bond acceptors (Lipinski definition) is 7. The molecule has 0 aromatic carbocycles. The van der Waals surface area contributed by atoms with Crippen LogP contribution in [0.2, 0.25) is 0 Å².